The molecule has 0 aliphatic carbocycles. The standard InChI is InChI=1S/C21H22N6O2/c28-20(24-17-8-2-1-3-9-17)16-7-5-13-26(15-16)21(29)25-18-10-4-11-22-19(18)27-14-6-12-23-27/h1-4,6,8-12,14,16H,5,7,13,15H2,(H,24,28)(H,25,29). The van der Waals surface area contributed by atoms with Crippen LogP contribution >= 0.6 is 0 Å². The smallest absolute Gasteiger partial charge is 0.321 e. The number of likely N-dealkylation sites (tertiary alicyclic amines) is 1. The molecule has 3 heterocycles. The van der Waals surface area contributed by atoms with Gasteiger partial charge in [-0.2, -0.15) is 5.10 Å². The summed E-state index contributed by atoms with van der Waals surface area (Å²) in [6, 6.07) is 14.4. The highest BCUT2D eigenvalue weighted by Crippen LogP contribution is 2.21. The topological polar surface area (TPSA) is 92.2 Å². The van der Waals surface area contributed by atoms with E-state index >= 15 is 0 Å². The van der Waals surface area contributed by atoms with E-state index in [1.54, 1.807) is 46.4 Å². The molecule has 3 amide bonds. The molecule has 148 valence electrons. The monoisotopic (exact) mass is 390 g/mol. The Bertz CT molecular complexity index is 974. The third kappa shape index (κ3) is 4.43. The number of hydrogen-bond donors (Lipinski definition) is 2. The van der Waals surface area contributed by atoms with Crippen LogP contribution in [0.3, 0.4) is 0 Å². The number of carbonyl (C=O) groups excluding carboxylic acids is 2. The fourth-order valence-corrected chi connectivity index (χ4v) is 3.41. The van der Waals surface area contributed by atoms with Gasteiger partial charge in [0.05, 0.1) is 11.6 Å². The Morgan fingerprint density at radius 2 is 1.86 bits per heavy atom. The predicted molar refractivity (Wildman–Crippen MR) is 110 cm³/mol. The number of amides is 3. The highest BCUT2D eigenvalue weighted by Gasteiger charge is 2.29. The van der Waals surface area contributed by atoms with Gasteiger partial charge in [0.15, 0.2) is 5.82 Å². The van der Waals surface area contributed by atoms with Crippen molar-refractivity contribution in [2.24, 2.45) is 5.92 Å². The van der Waals surface area contributed by atoms with Gasteiger partial charge in [-0.25, -0.2) is 14.5 Å². The second-order valence-corrected chi connectivity index (χ2v) is 6.90. The molecule has 1 aliphatic heterocycles. The molecule has 1 aliphatic rings. The summed E-state index contributed by atoms with van der Waals surface area (Å²) < 4.78 is 1.60. The number of pyridine rings is 1. The van der Waals surface area contributed by atoms with Crippen molar-refractivity contribution in [2.45, 2.75) is 12.8 Å². The number of benzene rings is 1. The number of nitrogens with zero attached hydrogens (tertiary/aromatic N) is 4. The second kappa shape index (κ2) is 8.55. The van der Waals surface area contributed by atoms with Crippen LogP contribution < -0.4 is 10.6 Å². The summed E-state index contributed by atoms with van der Waals surface area (Å²) in [6.45, 7) is 0.986. The fraction of sp³-hybridized carbons (Fsp3) is 0.238. The van der Waals surface area contributed by atoms with Crippen molar-refractivity contribution in [1.82, 2.24) is 19.7 Å². The summed E-state index contributed by atoms with van der Waals surface area (Å²) in [5.74, 6) is 0.239. The molecule has 0 bridgehead atoms. The van der Waals surface area contributed by atoms with Crippen molar-refractivity contribution >= 4 is 23.3 Å². The lowest BCUT2D eigenvalue weighted by atomic mass is 9.97. The van der Waals surface area contributed by atoms with Gasteiger partial charge in [0, 0.05) is 37.4 Å². The molecular weight excluding hydrogens is 368 g/mol. The number of para-hydroxylation sites is 1. The Hall–Kier alpha value is -3.68. The van der Waals surface area contributed by atoms with Gasteiger partial charge in [-0.15, -0.1) is 0 Å². The Morgan fingerprint density at radius 1 is 1.00 bits per heavy atom. The van der Waals surface area contributed by atoms with Crippen LogP contribution in [0.25, 0.3) is 5.82 Å². The number of piperidine rings is 1. The van der Waals surface area contributed by atoms with Gasteiger partial charge in [-0.1, -0.05) is 18.2 Å². The summed E-state index contributed by atoms with van der Waals surface area (Å²) in [7, 11) is 0. The minimum absolute atomic E-state index is 0.0627. The zero-order valence-electron chi connectivity index (χ0n) is 15.9. The maximum absolute atomic E-state index is 12.8. The number of aromatic nitrogens is 3. The predicted octanol–water partition coefficient (Wildman–Crippen LogP) is 3.15. The van der Waals surface area contributed by atoms with E-state index in [1.807, 2.05) is 30.3 Å². The van der Waals surface area contributed by atoms with Gasteiger partial charge < -0.3 is 15.5 Å². The molecular formula is C21H22N6O2. The lowest BCUT2D eigenvalue weighted by Gasteiger charge is -2.32. The largest absolute Gasteiger partial charge is 0.326 e. The van der Waals surface area contributed by atoms with Gasteiger partial charge in [-0.05, 0) is 43.2 Å². The van der Waals surface area contributed by atoms with Crippen LogP contribution in [0.5, 0.6) is 0 Å². The van der Waals surface area contributed by atoms with E-state index in [1.165, 1.54) is 0 Å². The first-order chi connectivity index (χ1) is 14.2. The van der Waals surface area contributed by atoms with Gasteiger partial charge in [0.2, 0.25) is 5.91 Å². The van der Waals surface area contributed by atoms with Crippen LogP contribution in [0, 0.1) is 5.92 Å². The van der Waals surface area contributed by atoms with Crippen molar-refractivity contribution in [3.63, 3.8) is 0 Å². The van der Waals surface area contributed by atoms with Crippen LogP contribution in [0.4, 0.5) is 16.2 Å². The van der Waals surface area contributed by atoms with E-state index in [2.05, 4.69) is 20.7 Å². The number of hydrogen-bond acceptors (Lipinski definition) is 4. The number of carbonyl (C=O) groups is 2. The van der Waals surface area contributed by atoms with Crippen LogP contribution in [-0.4, -0.2) is 44.7 Å². The van der Waals surface area contributed by atoms with Crippen LogP contribution in [0.1, 0.15) is 12.8 Å². The molecule has 1 fully saturated rings. The number of anilines is 2. The van der Waals surface area contributed by atoms with Crippen LogP contribution in [0.2, 0.25) is 0 Å². The fourth-order valence-electron chi connectivity index (χ4n) is 3.41. The molecule has 3 aromatic rings. The quantitative estimate of drug-likeness (QED) is 0.716. The summed E-state index contributed by atoms with van der Waals surface area (Å²) in [4.78, 5) is 31.4. The summed E-state index contributed by atoms with van der Waals surface area (Å²) >= 11 is 0. The van der Waals surface area contributed by atoms with Gasteiger partial charge in [0.25, 0.3) is 0 Å². The van der Waals surface area contributed by atoms with Gasteiger partial charge in [-0.3, -0.25) is 4.79 Å². The van der Waals surface area contributed by atoms with E-state index in [0.29, 0.717) is 24.6 Å². The van der Waals surface area contributed by atoms with E-state index in [9.17, 15) is 9.59 Å². The van der Waals surface area contributed by atoms with Crippen LogP contribution in [-0.2, 0) is 4.79 Å². The molecule has 1 saturated heterocycles. The average Bonchev–Trinajstić information content (AvgIpc) is 3.30. The van der Waals surface area contributed by atoms with E-state index < -0.39 is 0 Å². The Kier molecular flexibility index (Phi) is 5.51. The first-order valence-electron chi connectivity index (χ1n) is 9.57. The summed E-state index contributed by atoms with van der Waals surface area (Å²) in [5.41, 5.74) is 1.33. The molecule has 2 N–H and O–H groups in total. The summed E-state index contributed by atoms with van der Waals surface area (Å²) in [6.07, 6.45) is 6.61. The SMILES string of the molecule is O=C(Nc1ccccc1)C1CCCN(C(=O)Nc2cccnc2-n2cccn2)C1. The molecule has 1 atom stereocenters. The Balaban J connectivity index is 1.41. The lowest BCUT2D eigenvalue weighted by Crippen LogP contribution is -2.45. The average molecular weight is 390 g/mol. The van der Waals surface area contributed by atoms with Crippen molar-refractivity contribution in [3.05, 3.63) is 67.1 Å². The molecule has 0 spiro atoms. The number of nitrogens with one attached hydrogen (secondary N) is 2. The highest BCUT2D eigenvalue weighted by molar-refractivity contribution is 5.94. The lowest BCUT2D eigenvalue weighted by molar-refractivity contribution is -0.121. The van der Waals surface area contributed by atoms with Gasteiger partial charge in [0.1, 0.15) is 0 Å². The maximum atomic E-state index is 12.8. The van der Waals surface area contributed by atoms with Crippen molar-refractivity contribution in [1.29, 1.82) is 0 Å². The molecule has 29 heavy (non-hydrogen) atoms. The normalized spacial score (nSPS) is 16.3. The van der Waals surface area contributed by atoms with Gasteiger partial charge >= 0.3 is 6.03 Å². The first kappa shape index (κ1) is 18.7. The molecule has 8 heteroatoms. The van der Waals surface area contributed by atoms with E-state index in [4.69, 9.17) is 0 Å². The molecule has 0 radical (unpaired) electrons. The number of rotatable bonds is 4. The van der Waals surface area contributed by atoms with Crippen molar-refractivity contribution in [3.8, 4) is 5.82 Å². The third-order valence-corrected chi connectivity index (χ3v) is 4.87. The highest BCUT2D eigenvalue weighted by atomic mass is 16.2. The molecule has 4 rings (SSSR count). The minimum Gasteiger partial charge on any atom is -0.326 e. The van der Waals surface area contributed by atoms with E-state index in [-0.39, 0.29) is 17.9 Å². The maximum Gasteiger partial charge on any atom is 0.321 e. The minimum atomic E-state index is -0.247. The zero-order chi connectivity index (χ0) is 20.1. The Labute approximate surface area is 168 Å². The van der Waals surface area contributed by atoms with Crippen LogP contribution in [0.15, 0.2) is 67.1 Å². The van der Waals surface area contributed by atoms with Crippen molar-refractivity contribution in [2.75, 3.05) is 23.7 Å². The number of urea groups is 1. The molecule has 2 aromatic heterocycles. The molecule has 0 saturated carbocycles. The third-order valence-electron chi connectivity index (χ3n) is 4.87. The van der Waals surface area contributed by atoms with E-state index in [0.717, 1.165) is 18.5 Å². The van der Waals surface area contributed by atoms with Crippen molar-refractivity contribution < 1.29 is 9.59 Å². The second-order valence-electron chi connectivity index (χ2n) is 6.90. The molecule has 1 aromatic carbocycles. The summed E-state index contributed by atoms with van der Waals surface area (Å²) in [5, 5.41) is 10.0. The Morgan fingerprint density at radius 3 is 2.66 bits per heavy atom. The molecule has 1 unspecified atom stereocenters. The zero-order valence-corrected chi connectivity index (χ0v) is 15.9. The first-order valence-corrected chi connectivity index (χ1v) is 9.57. The molecule has 8 nitrogen and oxygen atoms in total.